The number of pyridine rings is 1. The van der Waals surface area contributed by atoms with Crippen LogP contribution in [0, 0.1) is 0 Å². The van der Waals surface area contributed by atoms with Gasteiger partial charge in [-0.1, -0.05) is 16.8 Å². The number of ether oxygens (including phenoxy) is 1. The minimum atomic E-state index is 0.397. The van der Waals surface area contributed by atoms with E-state index >= 15 is 0 Å². The van der Waals surface area contributed by atoms with E-state index in [1.54, 1.807) is 25.4 Å². The van der Waals surface area contributed by atoms with E-state index in [2.05, 4.69) is 15.1 Å². The van der Waals surface area contributed by atoms with Gasteiger partial charge in [0, 0.05) is 25.3 Å². The second-order valence-electron chi connectivity index (χ2n) is 3.13. The van der Waals surface area contributed by atoms with Gasteiger partial charge in [-0.2, -0.15) is 4.98 Å². The molecule has 6 heteroatoms. The van der Waals surface area contributed by atoms with Crippen LogP contribution in [0.15, 0.2) is 22.9 Å². The Balaban J connectivity index is 2.18. The first-order chi connectivity index (χ1) is 7.79. The fraction of sp³-hybridized carbons (Fsp3) is 0.300. The SMILES string of the molecule is COCCc1noc(-c2ccnc(Cl)c2)n1. The molecule has 2 rings (SSSR count). The molecule has 5 nitrogen and oxygen atoms in total. The Bertz CT molecular complexity index is 473. The predicted octanol–water partition coefficient (Wildman–Crippen LogP) is 1.97. The summed E-state index contributed by atoms with van der Waals surface area (Å²) in [5, 5.41) is 4.23. The standard InChI is InChI=1S/C10H10ClN3O2/c1-15-5-3-9-13-10(16-14-9)7-2-4-12-8(11)6-7/h2,4,6H,3,5H2,1H3. The van der Waals surface area contributed by atoms with Crippen molar-refractivity contribution in [1.29, 1.82) is 0 Å². The Kier molecular flexibility index (Phi) is 3.48. The van der Waals surface area contributed by atoms with Crippen LogP contribution in [0.1, 0.15) is 5.82 Å². The van der Waals surface area contributed by atoms with E-state index in [9.17, 15) is 0 Å². The fourth-order valence-corrected chi connectivity index (χ4v) is 1.38. The van der Waals surface area contributed by atoms with Gasteiger partial charge in [0.15, 0.2) is 5.82 Å². The van der Waals surface area contributed by atoms with Crippen molar-refractivity contribution in [3.05, 3.63) is 29.3 Å². The zero-order valence-corrected chi connectivity index (χ0v) is 9.44. The van der Waals surface area contributed by atoms with E-state index in [1.165, 1.54) is 0 Å². The molecule has 0 saturated carbocycles. The first kappa shape index (κ1) is 11.0. The van der Waals surface area contributed by atoms with Crippen LogP contribution in [0.3, 0.4) is 0 Å². The molecule has 0 unspecified atom stereocenters. The van der Waals surface area contributed by atoms with Crippen molar-refractivity contribution >= 4 is 11.6 Å². The van der Waals surface area contributed by atoms with Crippen molar-refractivity contribution < 1.29 is 9.26 Å². The van der Waals surface area contributed by atoms with E-state index in [1.807, 2.05) is 0 Å². The maximum atomic E-state index is 5.76. The van der Waals surface area contributed by atoms with Crippen LogP contribution in [-0.2, 0) is 11.2 Å². The number of methoxy groups -OCH3 is 1. The van der Waals surface area contributed by atoms with Crippen molar-refractivity contribution in [2.75, 3.05) is 13.7 Å². The Morgan fingerprint density at radius 3 is 3.12 bits per heavy atom. The highest BCUT2D eigenvalue weighted by atomic mass is 35.5. The summed E-state index contributed by atoms with van der Waals surface area (Å²) < 4.78 is 10.0. The van der Waals surface area contributed by atoms with Gasteiger partial charge in [-0.25, -0.2) is 4.98 Å². The van der Waals surface area contributed by atoms with Gasteiger partial charge in [0.05, 0.1) is 6.61 Å². The molecular weight excluding hydrogens is 230 g/mol. The summed E-state index contributed by atoms with van der Waals surface area (Å²) in [6, 6.07) is 3.44. The molecule has 0 spiro atoms. The van der Waals surface area contributed by atoms with Crippen molar-refractivity contribution in [2.24, 2.45) is 0 Å². The van der Waals surface area contributed by atoms with E-state index in [0.717, 1.165) is 5.56 Å². The average molecular weight is 240 g/mol. The number of nitrogens with zero attached hydrogens (tertiary/aromatic N) is 3. The van der Waals surface area contributed by atoms with Gasteiger partial charge in [0.2, 0.25) is 0 Å². The van der Waals surface area contributed by atoms with Gasteiger partial charge in [0.25, 0.3) is 5.89 Å². The normalized spacial score (nSPS) is 10.6. The molecule has 0 fully saturated rings. The van der Waals surface area contributed by atoms with E-state index in [4.69, 9.17) is 20.9 Å². The summed E-state index contributed by atoms with van der Waals surface area (Å²) in [7, 11) is 1.63. The summed E-state index contributed by atoms with van der Waals surface area (Å²) in [4.78, 5) is 8.09. The Morgan fingerprint density at radius 1 is 1.50 bits per heavy atom. The number of aromatic nitrogens is 3. The lowest BCUT2D eigenvalue weighted by atomic mass is 10.3. The largest absolute Gasteiger partial charge is 0.384 e. The highest BCUT2D eigenvalue weighted by Crippen LogP contribution is 2.19. The third-order valence-corrected chi connectivity index (χ3v) is 2.18. The van der Waals surface area contributed by atoms with Crippen molar-refractivity contribution in [3.63, 3.8) is 0 Å². The Morgan fingerprint density at radius 2 is 2.38 bits per heavy atom. The van der Waals surface area contributed by atoms with Crippen molar-refractivity contribution in [2.45, 2.75) is 6.42 Å². The smallest absolute Gasteiger partial charge is 0.258 e. The summed E-state index contributed by atoms with van der Waals surface area (Å²) >= 11 is 5.76. The van der Waals surface area contributed by atoms with Gasteiger partial charge in [0.1, 0.15) is 5.15 Å². The maximum absolute atomic E-state index is 5.76. The van der Waals surface area contributed by atoms with Gasteiger partial charge >= 0.3 is 0 Å². The number of rotatable bonds is 4. The van der Waals surface area contributed by atoms with Crippen LogP contribution in [-0.4, -0.2) is 28.8 Å². The van der Waals surface area contributed by atoms with E-state index in [0.29, 0.717) is 29.9 Å². The second-order valence-corrected chi connectivity index (χ2v) is 3.51. The molecule has 0 radical (unpaired) electrons. The first-order valence-corrected chi connectivity index (χ1v) is 5.11. The summed E-state index contributed by atoms with van der Waals surface area (Å²) in [5.74, 6) is 1.06. The van der Waals surface area contributed by atoms with Crippen LogP contribution in [0.25, 0.3) is 11.5 Å². The predicted molar refractivity (Wildman–Crippen MR) is 58.1 cm³/mol. The summed E-state index contributed by atoms with van der Waals surface area (Å²) in [6.45, 7) is 0.566. The lowest BCUT2D eigenvalue weighted by Crippen LogP contribution is -1.96. The van der Waals surface area contributed by atoms with E-state index in [-0.39, 0.29) is 0 Å². The molecule has 0 aliphatic rings. The van der Waals surface area contributed by atoms with Crippen LogP contribution in [0.5, 0.6) is 0 Å². The average Bonchev–Trinajstić information content (AvgIpc) is 2.75. The lowest BCUT2D eigenvalue weighted by molar-refractivity contribution is 0.199. The molecule has 2 aromatic rings. The van der Waals surface area contributed by atoms with Crippen LogP contribution < -0.4 is 0 Å². The molecule has 0 atom stereocenters. The van der Waals surface area contributed by atoms with Crippen LogP contribution in [0.2, 0.25) is 5.15 Å². The molecule has 0 aliphatic heterocycles. The fourth-order valence-electron chi connectivity index (χ4n) is 1.20. The molecule has 0 aliphatic carbocycles. The maximum Gasteiger partial charge on any atom is 0.258 e. The molecule has 0 amide bonds. The monoisotopic (exact) mass is 239 g/mol. The Hall–Kier alpha value is -1.46. The van der Waals surface area contributed by atoms with Crippen LogP contribution in [0.4, 0.5) is 0 Å². The number of halogens is 1. The molecule has 84 valence electrons. The molecule has 2 aromatic heterocycles. The zero-order valence-electron chi connectivity index (χ0n) is 8.68. The third-order valence-electron chi connectivity index (χ3n) is 1.97. The highest BCUT2D eigenvalue weighted by Gasteiger charge is 2.08. The van der Waals surface area contributed by atoms with Gasteiger partial charge in [-0.05, 0) is 12.1 Å². The van der Waals surface area contributed by atoms with Gasteiger partial charge in [-0.15, -0.1) is 0 Å². The lowest BCUT2D eigenvalue weighted by Gasteiger charge is -1.93. The third kappa shape index (κ3) is 2.56. The topological polar surface area (TPSA) is 61.0 Å². The summed E-state index contributed by atoms with van der Waals surface area (Å²) in [6.07, 6.45) is 2.22. The molecule has 0 N–H and O–H groups in total. The molecule has 0 aromatic carbocycles. The molecule has 0 bridgehead atoms. The van der Waals surface area contributed by atoms with Crippen molar-refractivity contribution in [3.8, 4) is 11.5 Å². The highest BCUT2D eigenvalue weighted by molar-refractivity contribution is 6.29. The quantitative estimate of drug-likeness (QED) is 0.764. The molecule has 16 heavy (non-hydrogen) atoms. The van der Waals surface area contributed by atoms with E-state index < -0.39 is 0 Å². The first-order valence-electron chi connectivity index (χ1n) is 4.73. The number of hydrogen-bond acceptors (Lipinski definition) is 5. The second kappa shape index (κ2) is 5.05. The van der Waals surface area contributed by atoms with Crippen LogP contribution >= 0.6 is 11.6 Å². The Labute approximate surface area is 97.4 Å². The molecule has 0 saturated heterocycles. The van der Waals surface area contributed by atoms with Crippen molar-refractivity contribution in [1.82, 2.24) is 15.1 Å². The molecular formula is C10H10ClN3O2. The summed E-state index contributed by atoms with van der Waals surface area (Å²) in [5.41, 5.74) is 0.760. The minimum Gasteiger partial charge on any atom is -0.384 e. The zero-order chi connectivity index (χ0) is 11.4. The number of hydrogen-bond donors (Lipinski definition) is 0. The molecule has 2 heterocycles. The minimum absolute atomic E-state index is 0.397. The van der Waals surface area contributed by atoms with Gasteiger partial charge < -0.3 is 9.26 Å². The van der Waals surface area contributed by atoms with Gasteiger partial charge in [-0.3, -0.25) is 0 Å².